The number of rotatable bonds is 8. The predicted octanol–water partition coefficient (Wildman–Crippen LogP) is 3.11. The van der Waals surface area contributed by atoms with Gasteiger partial charge in [-0.2, -0.15) is 0 Å². The van der Waals surface area contributed by atoms with Crippen molar-refractivity contribution in [3.05, 3.63) is 52.9 Å². The molecular formula is C20H31N5O. The average molecular weight is 358 g/mol. The van der Waals surface area contributed by atoms with Crippen LogP contribution in [0.25, 0.3) is 0 Å². The summed E-state index contributed by atoms with van der Waals surface area (Å²) < 4.78 is 5.36. The van der Waals surface area contributed by atoms with Crippen LogP contribution in [0, 0.1) is 0 Å². The first-order valence-electron chi connectivity index (χ1n) is 9.18. The Kier molecular flexibility index (Phi) is 7.66. The normalized spacial score (nSPS) is 12.0. The van der Waals surface area contributed by atoms with E-state index in [1.807, 2.05) is 6.07 Å². The third-order valence-corrected chi connectivity index (χ3v) is 3.88. The highest BCUT2D eigenvalue weighted by Crippen LogP contribution is 2.13. The fourth-order valence-electron chi connectivity index (χ4n) is 2.48. The molecule has 2 N–H and O–H groups in total. The third-order valence-electron chi connectivity index (χ3n) is 3.88. The highest BCUT2D eigenvalue weighted by molar-refractivity contribution is 5.79. The molecule has 0 aliphatic rings. The van der Waals surface area contributed by atoms with Gasteiger partial charge in [0, 0.05) is 19.2 Å². The molecule has 142 valence electrons. The zero-order chi connectivity index (χ0) is 18.9. The van der Waals surface area contributed by atoms with Gasteiger partial charge in [-0.25, -0.2) is 4.99 Å². The molecule has 0 fully saturated rings. The number of guanidine groups is 1. The molecule has 2 aromatic rings. The molecule has 6 heteroatoms. The molecule has 6 nitrogen and oxygen atoms in total. The molecule has 0 saturated heterocycles. The van der Waals surface area contributed by atoms with Crippen LogP contribution >= 0.6 is 0 Å². The maximum Gasteiger partial charge on any atom is 0.191 e. The smallest absolute Gasteiger partial charge is 0.191 e. The number of hydrogen-bond donors (Lipinski definition) is 2. The molecule has 2 rings (SSSR count). The molecule has 26 heavy (non-hydrogen) atoms. The van der Waals surface area contributed by atoms with Gasteiger partial charge in [0.25, 0.3) is 0 Å². The minimum atomic E-state index is 0.366. The van der Waals surface area contributed by atoms with Crippen molar-refractivity contribution in [2.24, 2.45) is 4.99 Å². The highest BCUT2D eigenvalue weighted by atomic mass is 16.5. The highest BCUT2D eigenvalue weighted by Gasteiger charge is 2.08. The second-order valence-corrected chi connectivity index (χ2v) is 6.98. The zero-order valence-electron chi connectivity index (χ0n) is 16.5. The Morgan fingerprint density at radius 3 is 2.42 bits per heavy atom. The van der Waals surface area contributed by atoms with E-state index in [9.17, 15) is 0 Å². The van der Waals surface area contributed by atoms with E-state index in [1.165, 1.54) is 11.1 Å². The lowest BCUT2D eigenvalue weighted by Crippen LogP contribution is -2.36. The Morgan fingerprint density at radius 2 is 1.85 bits per heavy atom. The molecule has 0 spiro atoms. The molecule has 0 atom stereocenters. The Morgan fingerprint density at radius 1 is 1.15 bits per heavy atom. The summed E-state index contributed by atoms with van der Waals surface area (Å²) in [5.41, 5.74) is 3.46. The van der Waals surface area contributed by atoms with Gasteiger partial charge in [0.2, 0.25) is 0 Å². The van der Waals surface area contributed by atoms with E-state index >= 15 is 0 Å². The average Bonchev–Trinajstić information content (AvgIpc) is 3.07. The SMILES string of the molecule is CCNC(=NCc1ccc(CN(C)C)cc1)NCc1cc(C(C)C)no1. The second kappa shape index (κ2) is 9.97. The van der Waals surface area contributed by atoms with E-state index < -0.39 is 0 Å². The number of nitrogens with one attached hydrogen (secondary N) is 2. The summed E-state index contributed by atoms with van der Waals surface area (Å²) in [5.74, 6) is 1.95. The van der Waals surface area contributed by atoms with Crippen molar-refractivity contribution in [2.75, 3.05) is 20.6 Å². The van der Waals surface area contributed by atoms with Gasteiger partial charge in [0.15, 0.2) is 11.7 Å². The van der Waals surface area contributed by atoms with E-state index in [0.29, 0.717) is 19.0 Å². The number of benzene rings is 1. The van der Waals surface area contributed by atoms with Gasteiger partial charge in [-0.3, -0.25) is 0 Å². The fourth-order valence-corrected chi connectivity index (χ4v) is 2.48. The largest absolute Gasteiger partial charge is 0.359 e. The monoisotopic (exact) mass is 357 g/mol. The van der Waals surface area contributed by atoms with Crippen LogP contribution in [0.3, 0.4) is 0 Å². The number of hydrogen-bond acceptors (Lipinski definition) is 4. The molecule has 1 aromatic heterocycles. The molecular weight excluding hydrogens is 326 g/mol. The van der Waals surface area contributed by atoms with Crippen molar-refractivity contribution < 1.29 is 4.52 Å². The van der Waals surface area contributed by atoms with Crippen molar-refractivity contribution in [2.45, 2.75) is 46.3 Å². The minimum absolute atomic E-state index is 0.366. The third kappa shape index (κ3) is 6.52. The van der Waals surface area contributed by atoms with Crippen LogP contribution < -0.4 is 10.6 Å². The molecule has 0 bridgehead atoms. The van der Waals surface area contributed by atoms with Crippen molar-refractivity contribution in [3.8, 4) is 0 Å². The van der Waals surface area contributed by atoms with Crippen LogP contribution in [0.15, 0.2) is 39.8 Å². The number of nitrogens with zero attached hydrogens (tertiary/aromatic N) is 3. The van der Waals surface area contributed by atoms with Crippen LogP contribution in [0.1, 0.15) is 49.3 Å². The number of aromatic nitrogens is 1. The van der Waals surface area contributed by atoms with Gasteiger partial charge in [-0.15, -0.1) is 0 Å². The van der Waals surface area contributed by atoms with E-state index in [-0.39, 0.29) is 0 Å². The van der Waals surface area contributed by atoms with E-state index in [2.05, 4.69) is 84.8 Å². The first kappa shape index (κ1) is 20.0. The Bertz CT molecular complexity index is 688. The minimum Gasteiger partial charge on any atom is -0.359 e. The van der Waals surface area contributed by atoms with Crippen LogP contribution in [0.4, 0.5) is 0 Å². The second-order valence-electron chi connectivity index (χ2n) is 6.98. The standard InChI is InChI=1S/C20H31N5O/c1-6-21-20(23-13-18-11-19(15(2)3)24-26-18)22-12-16-7-9-17(10-8-16)14-25(4)5/h7-11,15H,6,12-14H2,1-5H3,(H2,21,22,23). The lowest BCUT2D eigenvalue weighted by molar-refractivity contribution is 0.372. The summed E-state index contributed by atoms with van der Waals surface area (Å²) in [6.45, 7) is 9.20. The van der Waals surface area contributed by atoms with Gasteiger partial charge in [0.05, 0.1) is 18.8 Å². The van der Waals surface area contributed by atoms with Crippen molar-refractivity contribution in [1.29, 1.82) is 0 Å². The van der Waals surface area contributed by atoms with Crippen molar-refractivity contribution in [3.63, 3.8) is 0 Å². The van der Waals surface area contributed by atoms with Gasteiger partial charge in [-0.1, -0.05) is 43.3 Å². The van der Waals surface area contributed by atoms with Crippen LogP contribution in [0.2, 0.25) is 0 Å². The summed E-state index contributed by atoms with van der Waals surface area (Å²) in [7, 11) is 4.15. The fraction of sp³-hybridized carbons (Fsp3) is 0.500. The Hall–Kier alpha value is -2.34. The predicted molar refractivity (Wildman–Crippen MR) is 106 cm³/mol. The summed E-state index contributed by atoms with van der Waals surface area (Å²) in [4.78, 5) is 6.81. The van der Waals surface area contributed by atoms with Gasteiger partial charge < -0.3 is 20.1 Å². The van der Waals surface area contributed by atoms with Gasteiger partial charge in [0.1, 0.15) is 0 Å². The summed E-state index contributed by atoms with van der Waals surface area (Å²) in [5, 5.41) is 10.6. The van der Waals surface area contributed by atoms with Gasteiger partial charge in [-0.05, 0) is 38.1 Å². The number of aliphatic imine (C=N–C) groups is 1. The van der Waals surface area contributed by atoms with Gasteiger partial charge >= 0.3 is 0 Å². The maximum absolute atomic E-state index is 5.36. The molecule has 1 heterocycles. The first-order chi connectivity index (χ1) is 12.5. The summed E-state index contributed by atoms with van der Waals surface area (Å²) in [6.07, 6.45) is 0. The van der Waals surface area contributed by atoms with Crippen LogP contribution in [0.5, 0.6) is 0 Å². The molecule has 0 aliphatic carbocycles. The summed E-state index contributed by atoms with van der Waals surface area (Å²) in [6, 6.07) is 10.6. The molecule has 1 aromatic carbocycles. The molecule has 0 radical (unpaired) electrons. The van der Waals surface area contributed by atoms with Crippen LogP contribution in [-0.4, -0.2) is 36.7 Å². The van der Waals surface area contributed by atoms with Crippen molar-refractivity contribution in [1.82, 2.24) is 20.7 Å². The van der Waals surface area contributed by atoms with Crippen molar-refractivity contribution >= 4 is 5.96 Å². The lowest BCUT2D eigenvalue weighted by atomic mass is 10.1. The lowest BCUT2D eigenvalue weighted by Gasteiger charge is -2.11. The van der Waals surface area contributed by atoms with E-state index in [0.717, 1.165) is 30.5 Å². The van der Waals surface area contributed by atoms with Crippen LogP contribution in [-0.2, 0) is 19.6 Å². The molecule has 0 unspecified atom stereocenters. The molecule has 0 saturated carbocycles. The zero-order valence-corrected chi connectivity index (χ0v) is 16.5. The maximum atomic E-state index is 5.36. The van der Waals surface area contributed by atoms with E-state index in [1.54, 1.807) is 0 Å². The molecule has 0 amide bonds. The topological polar surface area (TPSA) is 65.7 Å². The molecule has 0 aliphatic heterocycles. The Balaban J connectivity index is 1.92. The first-order valence-corrected chi connectivity index (χ1v) is 9.18. The summed E-state index contributed by atoms with van der Waals surface area (Å²) >= 11 is 0. The van der Waals surface area contributed by atoms with E-state index in [4.69, 9.17) is 4.52 Å². The quantitative estimate of drug-likeness (QED) is 0.561. The Labute approximate surface area is 156 Å².